The van der Waals surface area contributed by atoms with Gasteiger partial charge in [-0.25, -0.2) is 4.98 Å². The Morgan fingerprint density at radius 2 is 1.92 bits per heavy atom. The molecule has 0 radical (unpaired) electrons. The van der Waals surface area contributed by atoms with Gasteiger partial charge in [0.2, 0.25) is 0 Å². The zero-order valence-electron chi connectivity index (χ0n) is 13.5. The van der Waals surface area contributed by atoms with Crippen molar-refractivity contribution in [2.24, 2.45) is 5.92 Å². The van der Waals surface area contributed by atoms with E-state index in [2.05, 4.69) is 37.3 Å². The summed E-state index contributed by atoms with van der Waals surface area (Å²) in [5.74, 6) is 2.56. The average molecular weight is 325 g/mol. The molecule has 0 spiro atoms. The second-order valence-electron chi connectivity index (χ2n) is 6.22. The van der Waals surface area contributed by atoms with Gasteiger partial charge in [0.15, 0.2) is 5.82 Å². The van der Waals surface area contributed by atoms with Gasteiger partial charge in [0, 0.05) is 6.42 Å². The van der Waals surface area contributed by atoms with E-state index >= 15 is 0 Å². The second kappa shape index (κ2) is 6.48. The summed E-state index contributed by atoms with van der Waals surface area (Å²) in [4.78, 5) is 11.4. The Morgan fingerprint density at radius 1 is 1.12 bits per heavy atom. The quantitative estimate of drug-likeness (QED) is 0.720. The van der Waals surface area contributed by atoms with Crippen LogP contribution in [0.15, 0.2) is 35.4 Å². The molecule has 3 aromatic rings. The molecule has 0 saturated carbocycles. The van der Waals surface area contributed by atoms with Crippen molar-refractivity contribution in [1.82, 2.24) is 34.8 Å². The van der Waals surface area contributed by atoms with Gasteiger partial charge in [0.25, 0.3) is 5.89 Å². The van der Waals surface area contributed by atoms with Gasteiger partial charge < -0.3 is 9.42 Å². The summed E-state index contributed by atoms with van der Waals surface area (Å²) in [6.07, 6.45) is 6.43. The van der Waals surface area contributed by atoms with Crippen molar-refractivity contribution in [3.05, 3.63) is 36.7 Å². The van der Waals surface area contributed by atoms with Crippen LogP contribution in [-0.4, -0.2) is 54.9 Å². The van der Waals surface area contributed by atoms with E-state index in [0.29, 0.717) is 23.3 Å². The highest BCUT2D eigenvalue weighted by Gasteiger charge is 2.20. The van der Waals surface area contributed by atoms with Crippen molar-refractivity contribution in [3.63, 3.8) is 0 Å². The van der Waals surface area contributed by atoms with Crippen LogP contribution in [0.3, 0.4) is 0 Å². The molecular formula is C16H19N7O. The largest absolute Gasteiger partial charge is 0.332 e. The van der Waals surface area contributed by atoms with Gasteiger partial charge in [-0.3, -0.25) is 4.57 Å². The average Bonchev–Trinajstić information content (AvgIpc) is 3.29. The van der Waals surface area contributed by atoms with Gasteiger partial charge in [0.05, 0.1) is 0 Å². The maximum Gasteiger partial charge on any atom is 0.276 e. The summed E-state index contributed by atoms with van der Waals surface area (Å²) in [7, 11) is 2.16. The Hall–Kier alpha value is -2.61. The fraction of sp³-hybridized carbons (Fsp3) is 0.438. The first-order chi connectivity index (χ1) is 11.8. The lowest BCUT2D eigenvalue weighted by Crippen LogP contribution is -2.31. The van der Waals surface area contributed by atoms with E-state index < -0.39 is 0 Å². The standard InChI is InChI=1S/C16H19N7O/c1-22-7-5-12(6-8-22)9-14-20-16(24-21-14)13-3-2-4-15(19-13)23-10-17-18-11-23/h2-4,10-12H,5-9H2,1H3. The minimum Gasteiger partial charge on any atom is -0.332 e. The maximum absolute atomic E-state index is 5.41. The summed E-state index contributed by atoms with van der Waals surface area (Å²) in [6.45, 7) is 2.27. The highest BCUT2D eigenvalue weighted by molar-refractivity contribution is 5.48. The molecule has 0 aromatic carbocycles. The number of hydrogen-bond acceptors (Lipinski definition) is 7. The predicted molar refractivity (Wildman–Crippen MR) is 86.4 cm³/mol. The molecule has 0 aliphatic carbocycles. The van der Waals surface area contributed by atoms with Gasteiger partial charge in [-0.05, 0) is 51.0 Å². The Morgan fingerprint density at radius 3 is 2.71 bits per heavy atom. The third-order valence-electron chi connectivity index (χ3n) is 4.41. The van der Waals surface area contributed by atoms with Gasteiger partial charge in [-0.2, -0.15) is 4.98 Å². The topological polar surface area (TPSA) is 85.8 Å². The summed E-state index contributed by atoms with van der Waals surface area (Å²) >= 11 is 0. The van der Waals surface area contributed by atoms with E-state index in [0.717, 1.165) is 25.3 Å². The van der Waals surface area contributed by atoms with Crippen LogP contribution in [0.1, 0.15) is 18.7 Å². The van der Waals surface area contributed by atoms with Crippen LogP contribution in [0.5, 0.6) is 0 Å². The molecule has 8 heteroatoms. The van der Waals surface area contributed by atoms with Crippen molar-refractivity contribution in [3.8, 4) is 17.4 Å². The fourth-order valence-electron chi connectivity index (χ4n) is 2.97. The molecule has 1 aliphatic rings. The number of hydrogen-bond donors (Lipinski definition) is 0. The summed E-state index contributed by atoms with van der Waals surface area (Å²) < 4.78 is 7.15. The summed E-state index contributed by atoms with van der Waals surface area (Å²) in [5.41, 5.74) is 0.656. The molecule has 4 rings (SSSR count). The van der Waals surface area contributed by atoms with Crippen molar-refractivity contribution < 1.29 is 4.52 Å². The van der Waals surface area contributed by atoms with Crippen LogP contribution in [0, 0.1) is 5.92 Å². The SMILES string of the molecule is CN1CCC(Cc2noc(-c3cccc(-n4cnnc4)n3)n2)CC1. The molecule has 0 unspecified atom stereocenters. The first kappa shape index (κ1) is 14.9. The van der Waals surface area contributed by atoms with Crippen LogP contribution < -0.4 is 0 Å². The van der Waals surface area contributed by atoms with E-state index in [1.54, 1.807) is 17.2 Å². The van der Waals surface area contributed by atoms with Crippen LogP contribution >= 0.6 is 0 Å². The number of pyridine rings is 1. The van der Waals surface area contributed by atoms with Crippen LogP contribution in [0.25, 0.3) is 17.4 Å². The van der Waals surface area contributed by atoms with E-state index in [9.17, 15) is 0 Å². The third kappa shape index (κ3) is 3.18. The maximum atomic E-state index is 5.41. The Kier molecular flexibility index (Phi) is 4.04. The molecule has 3 aromatic heterocycles. The molecule has 0 N–H and O–H groups in total. The fourth-order valence-corrected chi connectivity index (χ4v) is 2.97. The first-order valence-corrected chi connectivity index (χ1v) is 8.11. The third-order valence-corrected chi connectivity index (χ3v) is 4.41. The second-order valence-corrected chi connectivity index (χ2v) is 6.22. The molecule has 4 heterocycles. The predicted octanol–water partition coefficient (Wildman–Crippen LogP) is 1.60. The van der Waals surface area contributed by atoms with E-state index in [-0.39, 0.29) is 0 Å². The molecule has 24 heavy (non-hydrogen) atoms. The Bertz CT molecular complexity index is 790. The minimum absolute atomic E-state index is 0.452. The van der Waals surface area contributed by atoms with Crippen molar-refractivity contribution in [1.29, 1.82) is 0 Å². The van der Waals surface area contributed by atoms with Gasteiger partial charge in [-0.1, -0.05) is 11.2 Å². The highest BCUT2D eigenvalue weighted by Crippen LogP contribution is 2.22. The monoisotopic (exact) mass is 325 g/mol. The number of nitrogens with zero attached hydrogens (tertiary/aromatic N) is 7. The Balaban J connectivity index is 1.49. The highest BCUT2D eigenvalue weighted by atomic mass is 16.5. The number of rotatable bonds is 4. The molecule has 1 aliphatic heterocycles. The zero-order valence-corrected chi connectivity index (χ0v) is 13.5. The van der Waals surface area contributed by atoms with Crippen LogP contribution in [-0.2, 0) is 6.42 Å². The first-order valence-electron chi connectivity index (χ1n) is 8.11. The molecule has 1 fully saturated rings. The lowest BCUT2D eigenvalue weighted by atomic mass is 9.94. The Labute approximate surface area is 139 Å². The van der Waals surface area contributed by atoms with E-state index in [1.807, 2.05) is 18.2 Å². The molecule has 0 atom stereocenters. The molecule has 124 valence electrons. The zero-order chi connectivity index (χ0) is 16.4. The normalized spacial score (nSPS) is 16.5. The van der Waals surface area contributed by atoms with E-state index in [4.69, 9.17) is 4.52 Å². The number of piperidine rings is 1. The summed E-state index contributed by atoms with van der Waals surface area (Å²) in [5, 5.41) is 11.7. The number of aromatic nitrogens is 6. The molecule has 0 amide bonds. The molecule has 8 nitrogen and oxygen atoms in total. The number of likely N-dealkylation sites (tertiary alicyclic amines) is 1. The van der Waals surface area contributed by atoms with Crippen molar-refractivity contribution in [2.75, 3.05) is 20.1 Å². The lowest BCUT2D eigenvalue weighted by molar-refractivity contribution is 0.216. The smallest absolute Gasteiger partial charge is 0.276 e. The lowest BCUT2D eigenvalue weighted by Gasteiger charge is -2.27. The summed E-state index contributed by atoms with van der Waals surface area (Å²) in [6, 6.07) is 5.64. The molecule has 0 bridgehead atoms. The minimum atomic E-state index is 0.452. The molecular weight excluding hydrogens is 306 g/mol. The van der Waals surface area contributed by atoms with Crippen LogP contribution in [0.2, 0.25) is 0 Å². The molecule has 1 saturated heterocycles. The van der Waals surface area contributed by atoms with E-state index in [1.165, 1.54) is 12.8 Å². The van der Waals surface area contributed by atoms with Crippen molar-refractivity contribution in [2.45, 2.75) is 19.3 Å². The van der Waals surface area contributed by atoms with Gasteiger partial charge in [-0.15, -0.1) is 10.2 Å². The van der Waals surface area contributed by atoms with Crippen LogP contribution in [0.4, 0.5) is 0 Å². The van der Waals surface area contributed by atoms with Gasteiger partial charge >= 0.3 is 0 Å². The van der Waals surface area contributed by atoms with Crippen molar-refractivity contribution >= 4 is 0 Å². The van der Waals surface area contributed by atoms with Gasteiger partial charge in [0.1, 0.15) is 24.2 Å².